The number of halogens is 1. The summed E-state index contributed by atoms with van der Waals surface area (Å²) in [5, 5.41) is 10.00. The Morgan fingerprint density at radius 1 is 1.44 bits per heavy atom. The molecule has 3 rings (SSSR count). The lowest BCUT2D eigenvalue weighted by molar-refractivity contribution is -0.122. The van der Waals surface area contributed by atoms with E-state index in [4.69, 9.17) is 28.6 Å². The maximum absolute atomic E-state index is 12.7. The molecule has 134 valence electrons. The molecule has 7 heteroatoms. The van der Waals surface area contributed by atoms with Gasteiger partial charge in [-0.3, -0.25) is 9.69 Å². The number of thioether (sulfide) groups is 1. The zero-order chi connectivity index (χ0) is 18.0. The Bertz CT molecular complexity index is 729. The Hall–Kier alpha value is -1.24. The molecule has 1 saturated heterocycles. The van der Waals surface area contributed by atoms with Crippen LogP contribution in [0.15, 0.2) is 17.0 Å². The number of nitrogens with zero attached hydrogens (tertiary/aromatic N) is 1. The Morgan fingerprint density at radius 3 is 2.84 bits per heavy atom. The van der Waals surface area contributed by atoms with Crippen LogP contribution >= 0.6 is 35.6 Å². The van der Waals surface area contributed by atoms with Crippen molar-refractivity contribution in [2.45, 2.75) is 32.1 Å². The lowest BCUT2D eigenvalue weighted by Gasteiger charge is -2.17. The number of carbonyl (C=O) groups is 1. The lowest BCUT2D eigenvalue weighted by Crippen LogP contribution is -2.30. The maximum Gasteiger partial charge on any atom is 0.266 e. The molecule has 1 aromatic carbocycles. The molecule has 0 aromatic heterocycles. The van der Waals surface area contributed by atoms with Gasteiger partial charge >= 0.3 is 0 Å². The molecule has 4 nitrogen and oxygen atoms in total. The highest BCUT2D eigenvalue weighted by atomic mass is 35.5. The number of rotatable bonds is 5. The number of carbonyl (C=O) groups excluding carboxylic acids is 1. The average molecular weight is 398 g/mol. The minimum Gasteiger partial charge on any atom is -0.503 e. The van der Waals surface area contributed by atoms with Gasteiger partial charge < -0.3 is 9.84 Å². The van der Waals surface area contributed by atoms with Crippen molar-refractivity contribution in [2.75, 3.05) is 13.7 Å². The maximum atomic E-state index is 12.7. The summed E-state index contributed by atoms with van der Waals surface area (Å²) in [6.45, 7) is 0.687. The molecule has 2 fully saturated rings. The summed E-state index contributed by atoms with van der Waals surface area (Å²) in [7, 11) is 1.46. The van der Waals surface area contributed by atoms with Gasteiger partial charge in [-0.1, -0.05) is 61.3 Å². The Labute approximate surface area is 162 Å². The summed E-state index contributed by atoms with van der Waals surface area (Å²) >= 11 is 12.7. The molecule has 0 unspecified atom stereocenters. The second-order valence-corrected chi connectivity index (χ2v) is 8.41. The minimum atomic E-state index is -0.106. The number of methoxy groups -OCH3 is 1. The molecule has 1 aliphatic carbocycles. The number of amides is 1. The topological polar surface area (TPSA) is 49.8 Å². The molecule has 0 atom stereocenters. The van der Waals surface area contributed by atoms with Crippen molar-refractivity contribution in [2.24, 2.45) is 5.92 Å². The molecule has 1 N–H and O–H groups in total. The summed E-state index contributed by atoms with van der Waals surface area (Å²) < 4.78 is 5.71. The molecule has 0 bridgehead atoms. The van der Waals surface area contributed by atoms with Gasteiger partial charge in [-0.05, 0) is 36.1 Å². The van der Waals surface area contributed by atoms with Crippen LogP contribution in [0.4, 0.5) is 0 Å². The number of aromatic hydroxyl groups is 1. The van der Waals surface area contributed by atoms with Crippen LogP contribution in [-0.4, -0.2) is 33.9 Å². The molecule has 25 heavy (non-hydrogen) atoms. The fourth-order valence-corrected chi connectivity index (χ4v) is 4.82. The summed E-state index contributed by atoms with van der Waals surface area (Å²) in [6, 6.07) is 3.25. The van der Waals surface area contributed by atoms with Crippen molar-refractivity contribution in [3.8, 4) is 11.5 Å². The summed E-state index contributed by atoms with van der Waals surface area (Å²) in [5.41, 5.74) is 0.691. The van der Waals surface area contributed by atoms with E-state index in [0.717, 1.165) is 6.42 Å². The first kappa shape index (κ1) is 18.5. The van der Waals surface area contributed by atoms with Gasteiger partial charge in [0, 0.05) is 6.54 Å². The third kappa shape index (κ3) is 4.13. The van der Waals surface area contributed by atoms with E-state index in [1.165, 1.54) is 44.6 Å². The van der Waals surface area contributed by atoms with Crippen LogP contribution < -0.4 is 4.74 Å². The number of hydrogen-bond donors (Lipinski definition) is 1. The van der Waals surface area contributed by atoms with Crippen LogP contribution in [0.2, 0.25) is 5.02 Å². The SMILES string of the molecule is COc1cc(C=C2SC(=S)N(CCC3CCCC3)C2=O)cc(Cl)c1O. The van der Waals surface area contributed by atoms with Gasteiger partial charge in [0.05, 0.1) is 17.0 Å². The largest absolute Gasteiger partial charge is 0.503 e. The average Bonchev–Trinajstić information content (AvgIpc) is 3.18. The van der Waals surface area contributed by atoms with Crippen molar-refractivity contribution in [3.05, 3.63) is 27.6 Å². The van der Waals surface area contributed by atoms with Crippen LogP contribution in [0.25, 0.3) is 6.08 Å². The lowest BCUT2D eigenvalue weighted by atomic mass is 10.0. The number of phenols is 1. The smallest absolute Gasteiger partial charge is 0.266 e. The van der Waals surface area contributed by atoms with E-state index in [0.29, 0.717) is 27.3 Å². The van der Waals surface area contributed by atoms with E-state index in [1.54, 1.807) is 23.1 Å². The van der Waals surface area contributed by atoms with E-state index >= 15 is 0 Å². The van der Waals surface area contributed by atoms with Gasteiger partial charge in [0.1, 0.15) is 4.32 Å². The van der Waals surface area contributed by atoms with Gasteiger partial charge in [-0.2, -0.15) is 0 Å². The normalized spacial score (nSPS) is 20.1. The number of benzene rings is 1. The second-order valence-electron chi connectivity index (χ2n) is 6.33. The van der Waals surface area contributed by atoms with E-state index in [1.807, 2.05) is 0 Å². The molecule has 0 radical (unpaired) electrons. The van der Waals surface area contributed by atoms with Crippen molar-refractivity contribution < 1.29 is 14.6 Å². The number of phenolic OH excluding ortho intramolecular Hbond substituents is 1. The molecule has 1 amide bonds. The second kappa shape index (κ2) is 7.98. The van der Waals surface area contributed by atoms with Gasteiger partial charge in [0.25, 0.3) is 5.91 Å². The fraction of sp³-hybridized carbons (Fsp3) is 0.444. The number of hydrogen-bond acceptors (Lipinski definition) is 5. The van der Waals surface area contributed by atoms with Crippen molar-refractivity contribution in [1.82, 2.24) is 4.90 Å². The van der Waals surface area contributed by atoms with Gasteiger partial charge in [0.2, 0.25) is 0 Å². The minimum absolute atomic E-state index is 0.0591. The Balaban J connectivity index is 1.74. The predicted octanol–water partition coefficient (Wildman–Crippen LogP) is 4.84. The highest BCUT2D eigenvalue weighted by Crippen LogP contribution is 2.38. The predicted molar refractivity (Wildman–Crippen MR) is 106 cm³/mol. The third-order valence-electron chi connectivity index (χ3n) is 4.68. The first-order valence-electron chi connectivity index (χ1n) is 8.31. The molecular weight excluding hydrogens is 378 g/mol. The quantitative estimate of drug-likeness (QED) is 0.569. The summed E-state index contributed by atoms with van der Waals surface area (Å²) in [4.78, 5) is 14.9. The van der Waals surface area contributed by atoms with E-state index in [-0.39, 0.29) is 22.4 Å². The van der Waals surface area contributed by atoms with Crippen LogP contribution in [0.5, 0.6) is 11.5 Å². The highest BCUT2D eigenvalue weighted by molar-refractivity contribution is 8.26. The first-order valence-corrected chi connectivity index (χ1v) is 9.91. The van der Waals surface area contributed by atoms with E-state index in [9.17, 15) is 9.90 Å². The van der Waals surface area contributed by atoms with Crippen LogP contribution in [0, 0.1) is 5.92 Å². The van der Waals surface area contributed by atoms with E-state index in [2.05, 4.69) is 0 Å². The van der Waals surface area contributed by atoms with E-state index < -0.39 is 0 Å². The molecular formula is C18H20ClNO3S2. The van der Waals surface area contributed by atoms with Crippen molar-refractivity contribution >= 4 is 51.9 Å². The van der Waals surface area contributed by atoms with Crippen molar-refractivity contribution in [1.29, 1.82) is 0 Å². The van der Waals surface area contributed by atoms with Crippen molar-refractivity contribution in [3.63, 3.8) is 0 Å². The molecule has 1 aliphatic heterocycles. The van der Waals surface area contributed by atoms with Gasteiger partial charge in [0.15, 0.2) is 11.5 Å². The molecule has 1 saturated carbocycles. The number of thiocarbonyl (C=S) groups is 1. The number of ether oxygens (including phenoxy) is 1. The van der Waals surface area contributed by atoms with Crippen LogP contribution in [-0.2, 0) is 4.79 Å². The monoisotopic (exact) mass is 397 g/mol. The molecule has 0 spiro atoms. The zero-order valence-electron chi connectivity index (χ0n) is 14.0. The van der Waals surface area contributed by atoms with Crippen LogP contribution in [0.1, 0.15) is 37.7 Å². The fourth-order valence-electron chi connectivity index (χ4n) is 3.29. The molecule has 2 aliphatic rings. The zero-order valence-corrected chi connectivity index (χ0v) is 16.3. The Kier molecular flexibility index (Phi) is 5.92. The Morgan fingerprint density at radius 2 is 2.16 bits per heavy atom. The first-order chi connectivity index (χ1) is 12.0. The third-order valence-corrected chi connectivity index (χ3v) is 6.34. The van der Waals surface area contributed by atoms with Gasteiger partial charge in [-0.25, -0.2) is 0 Å². The molecule has 1 heterocycles. The standard InChI is InChI=1S/C18H20ClNO3S2/c1-23-14-9-12(8-13(19)16(14)21)10-15-17(22)20(18(24)25-15)7-6-11-4-2-3-5-11/h8-11,21H,2-7H2,1H3. The van der Waals surface area contributed by atoms with Gasteiger partial charge in [-0.15, -0.1) is 0 Å². The molecule has 1 aromatic rings. The summed E-state index contributed by atoms with van der Waals surface area (Å²) in [6.07, 6.45) is 7.87. The highest BCUT2D eigenvalue weighted by Gasteiger charge is 2.32. The summed E-state index contributed by atoms with van der Waals surface area (Å²) in [5.74, 6) is 0.825. The van der Waals surface area contributed by atoms with Crippen LogP contribution in [0.3, 0.4) is 0 Å².